The Morgan fingerprint density at radius 3 is 2.62 bits per heavy atom. The van der Waals surface area contributed by atoms with E-state index >= 15 is 0 Å². The van der Waals surface area contributed by atoms with Crippen LogP contribution in [0.5, 0.6) is 5.75 Å². The van der Waals surface area contributed by atoms with E-state index in [9.17, 15) is 9.59 Å². The van der Waals surface area contributed by atoms with Crippen LogP contribution in [0.1, 0.15) is 24.2 Å². The van der Waals surface area contributed by atoms with Gasteiger partial charge >= 0.3 is 5.97 Å². The Morgan fingerprint density at radius 1 is 1.33 bits per heavy atom. The molecule has 1 amide bonds. The van der Waals surface area contributed by atoms with E-state index in [0.29, 0.717) is 31.0 Å². The number of nitrogens with zero attached hydrogens (tertiary/aromatic N) is 1. The summed E-state index contributed by atoms with van der Waals surface area (Å²) in [6.45, 7) is 4.55. The van der Waals surface area contributed by atoms with Gasteiger partial charge in [-0.05, 0) is 26.0 Å². The summed E-state index contributed by atoms with van der Waals surface area (Å²) in [6, 6.07) is 7.09. The highest BCUT2D eigenvalue weighted by molar-refractivity contribution is 5.97. The van der Waals surface area contributed by atoms with Gasteiger partial charge in [0.05, 0.1) is 25.3 Å². The van der Waals surface area contributed by atoms with Crippen LogP contribution in [0.25, 0.3) is 0 Å². The molecule has 1 fully saturated rings. The number of likely N-dealkylation sites (tertiary alicyclic amines) is 1. The van der Waals surface area contributed by atoms with Crippen LogP contribution in [-0.2, 0) is 9.53 Å². The molecule has 0 bridgehead atoms. The van der Waals surface area contributed by atoms with E-state index < -0.39 is 11.6 Å². The number of ether oxygens (including phenoxy) is 2. The van der Waals surface area contributed by atoms with Crippen LogP contribution in [0.4, 0.5) is 0 Å². The first-order chi connectivity index (χ1) is 9.95. The molecule has 21 heavy (non-hydrogen) atoms. The quantitative estimate of drug-likeness (QED) is 0.858. The molecule has 2 rings (SSSR count). The van der Waals surface area contributed by atoms with Gasteiger partial charge in [0.1, 0.15) is 18.0 Å². The molecular weight excluding hydrogens is 274 g/mol. The Kier molecular flexibility index (Phi) is 4.47. The number of para-hydroxylation sites is 1. The lowest BCUT2D eigenvalue weighted by Gasteiger charge is -2.47. The Bertz CT molecular complexity index is 537. The molecule has 0 atom stereocenters. The average molecular weight is 293 g/mol. The molecule has 6 heteroatoms. The number of carboxylic acids is 1. The zero-order valence-electron chi connectivity index (χ0n) is 12.2. The summed E-state index contributed by atoms with van der Waals surface area (Å²) < 4.78 is 10.7. The number of carbonyl (C=O) groups is 2. The van der Waals surface area contributed by atoms with Crippen LogP contribution in [0.2, 0.25) is 0 Å². The van der Waals surface area contributed by atoms with Crippen molar-refractivity contribution < 1.29 is 24.2 Å². The van der Waals surface area contributed by atoms with E-state index in [4.69, 9.17) is 14.6 Å². The van der Waals surface area contributed by atoms with E-state index in [-0.39, 0.29) is 12.5 Å². The monoisotopic (exact) mass is 293 g/mol. The highest BCUT2D eigenvalue weighted by atomic mass is 16.5. The van der Waals surface area contributed by atoms with Gasteiger partial charge in [0, 0.05) is 0 Å². The van der Waals surface area contributed by atoms with E-state index in [2.05, 4.69) is 0 Å². The highest BCUT2D eigenvalue weighted by Gasteiger charge is 2.43. The van der Waals surface area contributed by atoms with Crippen molar-refractivity contribution in [1.82, 2.24) is 4.90 Å². The zero-order chi connectivity index (χ0) is 15.5. The molecule has 0 aliphatic carbocycles. The first-order valence-corrected chi connectivity index (χ1v) is 6.82. The minimum atomic E-state index is -1.01. The lowest BCUT2D eigenvalue weighted by atomic mass is 9.95. The number of aliphatic carboxylic acids is 1. The Morgan fingerprint density at radius 2 is 2.00 bits per heavy atom. The van der Waals surface area contributed by atoms with E-state index in [1.807, 2.05) is 13.0 Å². The standard InChI is InChI=1S/C15H19NO5/c1-3-20-12-7-5-4-6-11(12)14(19)16-9-15(2,10-16)21-8-13(17)18/h4-7H,3,8-10H2,1-2H3,(H,17,18). The van der Waals surface area contributed by atoms with Crippen molar-refractivity contribution in [1.29, 1.82) is 0 Å². The van der Waals surface area contributed by atoms with Gasteiger partial charge in [-0.2, -0.15) is 0 Å². The molecule has 0 aromatic heterocycles. The minimum absolute atomic E-state index is 0.129. The third-order valence-corrected chi connectivity index (χ3v) is 3.30. The largest absolute Gasteiger partial charge is 0.493 e. The SMILES string of the molecule is CCOc1ccccc1C(=O)N1CC(C)(OCC(=O)O)C1. The van der Waals surface area contributed by atoms with Gasteiger partial charge in [0.2, 0.25) is 0 Å². The van der Waals surface area contributed by atoms with Gasteiger partial charge in [0.15, 0.2) is 0 Å². The van der Waals surface area contributed by atoms with Crippen LogP contribution in [0.3, 0.4) is 0 Å². The Hall–Kier alpha value is -2.08. The zero-order valence-corrected chi connectivity index (χ0v) is 12.2. The van der Waals surface area contributed by atoms with Crippen LogP contribution >= 0.6 is 0 Å². The van der Waals surface area contributed by atoms with Gasteiger partial charge in [-0.1, -0.05) is 12.1 Å². The highest BCUT2D eigenvalue weighted by Crippen LogP contribution is 2.28. The maximum absolute atomic E-state index is 12.4. The molecule has 1 aliphatic rings. The molecule has 0 saturated carbocycles. The molecule has 6 nitrogen and oxygen atoms in total. The summed E-state index contributed by atoms with van der Waals surface area (Å²) in [5.41, 5.74) is -0.0751. The molecule has 0 unspecified atom stereocenters. The second kappa shape index (κ2) is 6.13. The van der Waals surface area contributed by atoms with Crippen molar-refractivity contribution in [3.8, 4) is 5.75 Å². The second-order valence-corrected chi connectivity index (χ2v) is 5.22. The van der Waals surface area contributed by atoms with Crippen molar-refractivity contribution in [2.45, 2.75) is 19.4 Å². The normalized spacial score (nSPS) is 16.2. The predicted octanol–water partition coefficient (Wildman–Crippen LogP) is 1.40. The molecule has 1 saturated heterocycles. The number of amides is 1. The maximum Gasteiger partial charge on any atom is 0.329 e. The molecule has 1 heterocycles. The molecule has 1 aliphatic heterocycles. The van der Waals surface area contributed by atoms with Crippen LogP contribution in [0, 0.1) is 0 Å². The molecule has 1 aromatic rings. The summed E-state index contributed by atoms with van der Waals surface area (Å²) in [5, 5.41) is 8.62. The molecule has 0 radical (unpaired) electrons. The van der Waals surface area contributed by atoms with Gasteiger partial charge in [-0.3, -0.25) is 4.79 Å². The summed E-state index contributed by atoms with van der Waals surface area (Å²) in [6.07, 6.45) is 0. The van der Waals surface area contributed by atoms with Crippen molar-refractivity contribution in [3.05, 3.63) is 29.8 Å². The molecular formula is C15H19NO5. The first kappa shape index (κ1) is 15.3. The minimum Gasteiger partial charge on any atom is -0.493 e. The van der Waals surface area contributed by atoms with Gasteiger partial charge in [-0.25, -0.2) is 4.79 Å². The average Bonchev–Trinajstić information content (AvgIpc) is 2.42. The third-order valence-electron chi connectivity index (χ3n) is 3.30. The number of hydrogen-bond donors (Lipinski definition) is 1. The lowest BCUT2D eigenvalue weighted by molar-refractivity contribution is -0.159. The number of carbonyl (C=O) groups excluding carboxylic acids is 1. The van der Waals surface area contributed by atoms with Crippen molar-refractivity contribution in [2.75, 3.05) is 26.3 Å². The van der Waals surface area contributed by atoms with Gasteiger partial charge < -0.3 is 19.5 Å². The summed E-state index contributed by atoms with van der Waals surface area (Å²) >= 11 is 0. The van der Waals surface area contributed by atoms with Crippen molar-refractivity contribution in [3.63, 3.8) is 0 Å². The van der Waals surface area contributed by atoms with E-state index in [1.54, 1.807) is 30.0 Å². The van der Waals surface area contributed by atoms with Gasteiger partial charge in [-0.15, -0.1) is 0 Å². The Balaban J connectivity index is 1.99. The van der Waals surface area contributed by atoms with Crippen LogP contribution < -0.4 is 4.74 Å². The van der Waals surface area contributed by atoms with Crippen molar-refractivity contribution >= 4 is 11.9 Å². The first-order valence-electron chi connectivity index (χ1n) is 6.82. The third kappa shape index (κ3) is 3.52. The van der Waals surface area contributed by atoms with Crippen molar-refractivity contribution in [2.24, 2.45) is 0 Å². The summed E-state index contributed by atoms with van der Waals surface area (Å²) in [7, 11) is 0. The smallest absolute Gasteiger partial charge is 0.329 e. The predicted molar refractivity (Wildman–Crippen MR) is 75.5 cm³/mol. The Labute approximate surface area is 123 Å². The number of carboxylic acid groups (broad SMARTS) is 1. The van der Waals surface area contributed by atoms with Gasteiger partial charge in [0.25, 0.3) is 5.91 Å². The molecule has 1 aromatic carbocycles. The summed E-state index contributed by atoms with van der Waals surface area (Å²) in [5.74, 6) is -0.580. The fourth-order valence-electron chi connectivity index (χ4n) is 2.33. The molecule has 0 spiro atoms. The second-order valence-electron chi connectivity index (χ2n) is 5.22. The number of benzene rings is 1. The topological polar surface area (TPSA) is 76.1 Å². The summed E-state index contributed by atoms with van der Waals surface area (Å²) in [4.78, 5) is 24.6. The van der Waals surface area contributed by atoms with Crippen LogP contribution in [0.15, 0.2) is 24.3 Å². The molecule has 114 valence electrons. The fraction of sp³-hybridized carbons (Fsp3) is 0.467. The lowest BCUT2D eigenvalue weighted by Crippen LogP contribution is -2.63. The fourth-order valence-corrected chi connectivity index (χ4v) is 2.33. The molecule has 1 N–H and O–H groups in total. The number of hydrogen-bond acceptors (Lipinski definition) is 4. The van der Waals surface area contributed by atoms with E-state index in [0.717, 1.165) is 0 Å². The van der Waals surface area contributed by atoms with Crippen LogP contribution in [-0.4, -0.2) is 53.8 Å². The maximum atomic E-state index is 12.4. The van der Waals surface area contributed by atoms with E-state index in [1.165, 1.54) is 0 Å². The number of rotatable bonds is 6.